The zero-order chi connectivity index (χ0) is 12.5. The van der Waals surface area contributed by atoms with Crippen LogP contribution in [0.15, 0.2) is 30.7 Å². The molecule has 0 unspecified atom stereocenters. The Labute approximate surface area is 94.9 Å². The van der Waals surface area contributed by atoms with E-state index in [-0.39, 0.29) is 6.54 Å². The normalized spacial score (nSPS) is 11.8. The van der Waals surface area contributed by atoms with Crippen molar-refractivity contribution in [2.75, 3.05) is 0 Å². The Morgan fingerprint density at radius 3 is 2.47 bits per heavy atom. The summed E-state index contributed by atoms with van der Waals surface area (Å²) in [4.78, 5) is 3.98. The van der Waals surface area contributed by atoms with Gasteiger partial charge in [-0.1, -0.05) is 0 Å². The molecule has 17 heavy (non-hydrogen) atoms. The first-order chi connectivity index (χ1) is 8.00. The lowest BCUT2D eigenvalue weighted by Crippen LogP contribution is -2.03. The minimum atomic E-state index is -4.39. The van der Waals surface area contributed by atoms with Crippen molar-refractivity contribution in [3.63, 3.8) is 0 Å². The fourth-order valence-corrected chi connectivity index (χ4v) is 1.28. The van der Waals surface area contributed by atoms with E-state index in [4.69, 9.17) is 5.73 Å². The molecule has 4 nitrogen and oxygen atoms in total. The van der Waals surface area contributed by atoms with Gasteiger partial charge in [0.2, 0.25) is 0 Å². The predicted octanol–water partition coefficient (Wildman–Crippen LogP) is 1.74. The fourth-order valence-electron chi connectivity index (χ4n) is 1.28. The Bertz CT molecular complexity index is 501. The molecular formula is C10H9F3N4. The highest BCUT2D eigenvalue weighted by atomic mass is 19.4. The molecule has 7 heteroatoms. The third kappa shape index (κ3) is 2.44. The van der Waals surface area contributed by atoms with Gasteiger partial charge in [0.15, 0.2) is 0 Å². The van der Waals surface area contributed by atoms with E-state index in [2.05, 4.69) is 10.1 Å². The Kier molecular flexibility index (Phi) is 2.84. The van der Waals surface area contributed by atoms with Crippen LogP contribution < -0.4 is 5.73 Å². The lowest BCUT2D eigenvalue weighted by atomic mass is 10.3. The molecule has 0 radical (unpaired) electrons. The predicted molar refractivity (Wildman–Crippen MR) is 54.3 cm³/mol. The molecular weight excluding hydrogens is 233 g/mol. The molecule has 0 saturated heterocycles. The van der Waals surface area contributed by atoms with Crippen molar-refractivity contribution in [2.45, 2.75) is 12.7 Å². The van der Waals surface area contributed by atoms with Crippen LogP contribution in [-0.4, -0.2) is 14.8 Å². The summed E-state index contributed by atoms with van der Waals surface area (Å²) < 4.78 is 38.2. The third-order valence-corrected chi connectivity index (χ3v) is 2.19. The van der Waals surface area contributed by atoms with E-state index in [1.165, 1.54) is 6.20 Å². The molecule has 0 aliphatic rings. The molecule has 0 aliphatic heterocycles. The number of pyridine rings is 1. The van der Waals surface area contributed by atoms with Gasteiger partial charge in [-0.15, -0.1) is 0 Å². The Morgan fingerprint density at radius 1 is 1.24 bits per heavy atom. The molecule has 0 saturated carbocycles. The van der Waals surface area contributed by atoms with E-state index in [0.717, 1.165) is 17.1 Å². The topological polar surface area (TPSA) is 56.7 Å². The van der Waals surface area contributed by atoms with Crippen molar-refractivity contribution in [1.29, 1.82) is 0 Å². The minimum Gasteiger partial charge on any atom is -0.325 e. The van der Waals surface area contributed by atoms with Gasteiger partial charge >= 0.3 is 6.18 Å². The van der Waals surface area contributed by atoms with Crippen LogP contribution in [-0.2, 0) is 12.7 Å². The lowest BCUT2D eigenvalue weighted by molar-refractivity contribution is -0.137. The zero-order valence-electron chi connectivity index (χ0n) is 8.65. The second-order valence-electron chi connectivity index (χ2n) is 3.38. The van der Waals surface area contributed by atoms with Crippen molar-refractivity contribution in [1.82, 2.24) is 14.8 Å². The monoisotopic (exact) mass is 242 g/mol. The summed E-state index contributed by atoms with van der Waals surface area (Å²) in [6, 6.07) is 3.26. The third-order valence-electron chi connectivity index (χ3n) is 2.19. The van der Waals surface area contributed by atoms with Gasteiger partial charge in [0.05, 0.1) is 29.3 Å². The molecule has 2 rings (SSSR count). The Morgan fingerprint density at radius 2 is 2.00 bits per heavy atom. The molecule has 0 atom stereocenters. The van der Waals surface area contributed by atoms with Crippen molar-refractivity contribution in [2.24, 2.45) is 5.73 Å². The van der Waals surface area contributed by atoms with Crippen LogP contribution in [0.25, 0.3) is 5.69 Å². The van der Waals surface area contributed by atoms with Crippen molar-refractivity contribution in [3.8, 4) is 5.69 Å². The first kappa shape index (κ1) is 11.6. The van der Waals surface area contributed by atoms with Gasteiger partial charge < -0.3 is 5.73 Å². The number of rotatable bonds is 2. The van der Waals surface area contributed by atoms with Crippen LogP contribution in [0.3, 0.4) is 0 Å². The van der Waals surface area contributed by atoms with E-state index < -0.39 is 11.7 Å². The molecule has 0 aromatic carbocycles. The van der Waals surface area contributed by atoms with E-state index >= 15 is 0 Å². The molecule has 90 valence electrons. The van der Waals surface area contributed by atoms with Gasteiger partial charge in [-0.2, -0.15) is 18.3 Å². The first-order valence-electron chi connectivity index (χ1n) is 4.78. The largest absolute Gasteiger partial charge is 0.419 e. The molecule has 2 N–H and O–H groups in total. The van der Waals surface area contributed by atoms with Crippen LogP contribution in [0.2, 0.25) is 0 Å². The zero-order valence-corrected chi connectivity index (χ0v) is 8.65. The average molecular weight is 242 g/mol. The van der Waals surface area contributed by atoms with E-state index in [0.29, 0.717) is 11.4 Å². The highest BCUT2D eigenvalue weighted by molar-refractivity contribution is 5.30. The van der Waals surface area contributed by atoms with Gasteiger partial charge in [0.25, 0.3) is 0 Å². The van der Waals surface area contributed by atoms with Crippen molar-refractivity contribution >= 4 is 0 Å². The van der Waals surface area contributed by atoms with Crippen molar-refractivity contribution < 1.29 is 13.2 Å². The molecule has 0 fully saturated rings. The number of alkyl halides is 3. The first-order valence-corrected chi connectivity index (χ1v) is 4.78. The van der Waals surface area contributed by atoms with Gasteiger partial charge in [-0.25, -0.2) is 4.68 Å². The molecule has 2 aromatic heterocycles. The molecule has 2 aromatic rings. The second-order valence-corrected chi connectivity index (χ2v) is 3.38. The number of nitrogens with two attached hydrogens (primary N) is 1. The minimum absolute atomic E-state index is 0.285. The summed E-state index contributed by atoms with van der Waals surface area (Å²) in [5, 5.41) is 3.63. The quantitative estimate of drug-likeness (QED) is 0.872. The van der Waals surface area contributed by atoms with E-state index in [1.807, 2.05) is 0 Å². The van der Waals surface area contributed by atoms with Crippen LogP contribution >= 0.6 is 0 Å². The molecule has 2 heterocycles. The van der Waals surface area contributed by atoms with E-state index in [1.54, 1.807) is 12.1 Å². The summed E-state index contributed by atoms with van der Waals surface area (Å²) in [5.74, 6) is 0. The van der Waals surface area contributed by atoms with Crippen LogP contribution in [0, 0.1) is 0 Å². The number of hydrogen-bond donors (Lipinski definition) is 1. The second kappa shape index (κ2) is 4.17. The Balaban J connectivity index is 2.30. The molecule has 0 bridgehead atoms. The molecule has 0 amide bonds. The maximum absolute atomic E-state index is 12.4. The summed E-state index contributed by atoms with van der Waals surface area (Å²) in [7, 11) is 0. The van der Waals surface area contributed by atoms with Gasteiger partial charge in [0, 0.05) is 12.7 Å². The average Bonchev–Trinajstić information content (AvgIpc) is 2.78. The van der Waals surface area contributed by atoms with Crippen LogP contribution in [0.4, 0.5) is 13.2 Å². The lowest BCUT2D eigenvalue weighted by Gasteiger charge is -2.02. The summed E-state index contributed by atoms with van der Waals surface area (Å²) in [5.41, 5.74) is 5.69. The number of nitrogens with zero attached hydrogens (tertiary/aromatic N) is 3. The highest BCUT2D eigenvalue weighted by Crippen LogP contribution is 2.28. The van der Waals surface area contributed by atoms with E-state index in [9.17, 15) is 13.2 Å². The maximum atomic E-state index is 12.4. The maximum Gasteiger partial charge on any atom is 0.419 e. The van der Waals surface area contributed by atoms with Crippen LogP contribution in [0.5, 0.6) is 0 Å². The standard InChI is InChI=1S/C10H9F3N4/c11-10(12,13)7-4-16-17(6-7)9-2-1-8(3-14)15-5-9/h1-2,4-6H,3,14H2. The Hall–Kier alpha value is -1.89. The summed E-state index contributed by atoms with van der Waals surface area (Å²) >= 11 is 0. The van der Waals surface area contributed by atoms with Gasteiger partial charge in [-0.3, -0.25) is 4.98 Å². The number of aromatic nitrogens is 3. The highest BCUT2D eigenvalue weighted by Gasteiger charge is 2.32. The number of halogens is 3. The summed E-state index contributed by atoms with van der Waals surface area (Å²) in [6.07, 6.45) is -1.27. The fraction of sp³-hybridized carbons (Fsp3) is 0.200. The van der Waals surface area contributed by atoms with Crippen molar-refractivity contribution in [3.05, 3.63) is 42.0 Å². The summed E-state index contributed by atoms with van der Waals surface area (Å²) in [6.45, 7) is 0.285. The van der Waals surface area contributed by atoms with Crippen LogP contribution in [0.1, 0.15) is 11.3 Å². The van der Waals surface area contributed by atoms with Gasteiger partial charge in [-0.05, 0) is 12.1 Å². The number of hydrogen-bond acceptors (Lipinski definition) is 3. The van der Waals surface area contributed by atoms with Gasteiger partial charge in [0.1, 0.15) is 0 Å². The SMILES string of the molecule is NCc1ccc(-n2cc(C(F)(F)F)cn2)cn1. The molecule has 0 spiro atoms. The smallest absolute Gasteiger partial charge is 0.325 e. The molecule has 0 aliphatic carbocycles.